The fraction of sp³-hybridized carbons (Fsp3) is 0.190. The summed E-state index contributed by atoms with van der Waals surface area (Å²) in [6.07, 6.45) is -4.49. The van der Waals surface area contributed by atoms with E-state index >= 15 is 0 Å². The highest BCUT2D eigenvalue weighted by atomic mass is 32.2. The van der Waals surface area contributed by atoms with Crippen molar-refractivity contribution < 1.29 is 18.0 Å². The Hall–Kier alpha value is -2.52. The standard InChI is InChI=1S/C21H16F3N3OS2/c1-12-9-13(2)26-20(25-12)29-11-19(28)27-15-5-3-4-6-17(15)30-18-8-7-14(10-16(18)27)21(22,23)24/h3-10H,11H2,1-2H3. The maximum absolute atomic E-state index is 13.3. The molecule has 154 valence electrons. The molecule has 2 aromatic carbocycles. The average Bonchev–Trinajstić information content (AvgIpc) is 2.68. The number of fused-ring (bicyclic) bond motifs is 2. The van der Waals surface area contributed by atoms with E-state index in [-0.39, 0.29) is 17.3 Å². The van der Waals surface area contributed by atoms with Crippen LogP contribution in [-0.2, 0) is 11.0 Å². The average molecular weight is 448 g/mol. The van der Waals surface area contributed by atoms with E-state index in [1.54, 1.807) is 12.1 Å². The predicted octanol–water partition coefficient (Wildman–Crippen LogP) is 6.03. The Balaban J connectivity index is 1.70. The molecule has 0 spiro atoms. The molecule has 0 fully saturated rings. The Morgan fingerprint density at radius 1 is 1.00 bits per heavy atom. The number of hydrogen-bond donors (Lipinski definition) is 0. The SMILES string of the molecule is Cc1cc(C)nc(SCC(=O)N2c3ccccc3Sc3ccc(C(F)(F)F)cc32)n1. The smallest absolute Gasteiger partial charge is 0.278 e. The minimum Gasteiger partial charge on any atom is -0.278 e. The maximum atomic E-state index is 13.3. The number of alkyl halides is 3. The molecule has 0 unspecified atom stereocenters. The fourth-order valence-corrected chi connectivity index (χ4v) is 4.99. The first kappa shape index (κ1) is 20.7. The first-order valence-corrected chi connectivity index (χ1v) is 10.8. The Kier molecular flexibility index (Phi) is 5.50. The molecule has 30 heavy (non-hydrogen) atoms. The second-order valence-corrected chi connectivity index (χ2v) is 8.73. The molecule has 2 heterocycles. The Morgan fingerprint density at radius 3 is 2.37 bits per heavy atom. The van der Waals surface area contributed by atoms with Crippen LogP contribution in [0.1, 0.15) is 17.0 Å². The van der Waals surface area contributed by atoms with E-state index in [1.165, 1.54) is 34.5 Å². The van der Waals surface area contributed by atoms with Crippen LogP contribution in [0.2, 0.25) is 0 Å². The van der Waals surface area contributed by atoms with Crippen LogP contribution in [-0.4, -0.2) is 21.6 Å². The summed E-state index contributed by atoms with van der Waals surface area (Å²) in [6.45, 7) is 3.68. The summed E-state index contributed by atoms with van der Waals surface area (Å²) in [4.78, 5) is 24.6. The summed E-state index contributed by atoms with van der Waals surface area (Å²) in [5.41, 5.74) is 1.60. The molecule has 4 rings (SSSR count). The van der Waals surface area contributed by atoms with Gasteiger partial charge in [-0.05, 0) is 50.2 Å². The highest BCUT2D eigenvalue weighted by Crippen LogP contribution is 2.49. The van der Waals surface area contributed by atoms with E-state index in [4.69, 9.17) is 0 Å². The summed E-state index contributed by atoms with van der Waals surface area (Å²) in [5.74, 6) is -0.339. The number of anilines is 2. The van der Waals surface area contributed by atoms with Crippen molar-refractivity contribution in [2.75, 3.05) is 10.7 Å². The van der Waals surface area contributed by atoms with Gasteiger partial charge in [0, 0.05) is 21.2 Å². The normalized spacial score (nSPS) is 13.0. The molecule has 0 radical (unpaired) electrons. The molecule has 0 N–H and O–H groups in total. The number of aromatic nitrogens is 2. The van der Waals surface area contributed by atoms with Gasteiger partial charge in [-0.15, -0.1) is 0 Å². The number of amides is 1. The lowest BCUT2D eigenvalue weighted by Crippen LogP contribution is -2.30. The second-order valence-electron chi connectivity index (χ2n) is 6.70. The van der Waals surface area contributed by atoms with Gasteiger partial charge in [-0.2, -0.15) is 13.2 Å². The Bertz CT molecular complexity index is 1110. The first-order chi connectivity index (χ1) is 14.2. The Morgan fingerprint density at radius 2 is 1.67 bits per heavy atom. The lowest BCUT2D eigenvalue weighted by molar-refractivity contribution is -0.137. The number of halogens is 3. The number of hydrogen-bond acceptors (Lipinski definition) is 5. The zero-order valence-electron chi connectivity index (χ0n) is 16.0. The van der Waals surface area contributed by atoms with Gasteiger partial charge < -0.3 is 0 Å². The number of nitrogens with zero attached hydrogens (tertiary/aromatic N) is 3. The molecule has 0 atom stereocenters. The van der Waals surface area contributed by atoms with Crippen molar-refractivity contribution in [1.82, 2.24) is 9.97 Å². The minimum atomic E-state index is -4.49. The van der Waals surface area contributed by atoms with E-state index in [9.17, 15) is 18.0 Å². The number of benzene rings is 2. The van der Waals surface area contributed by atoms with Crippen LogP contribution in [0.15, 0.2) is 63.5 Å². The third kappa shape index (κ3) is 4.17. The molecule has 4 nitrogen and oxygen atoms in total. The van der Waals surface area contributed by atoms with Crippen molar-refractivity contribution in [2.24, 2.45) is 0 Å². The second kappa shape index (κ2) is 7.96. The molecule has 0 aliphatic carbocycles. The van der Waals surface area contributed by atoms with Gasteiger partial charge in [-0.1, -0.05) is 35.7 Å². The van der Waals surface area contributed by atoms with Gasteiger partial charge in [0.1, 0.15) is 0 Å². The molecule has 9 heteroatoms. The Labute approximate surface area is 179 Å². The van der Waals surface area contributed by atoms with Crippen LogP contribution in [0.5, 0.6) is 0 Å². The van der Waals surface area contributed by atoms with Gasteiger partial charge in [0.25, 0.3) is 0 Å². The van der Waals surface area contributed by atoms with E-state index in [0.717, 1.165) is 28.4 Å². The van der Waals surface area contributed by atoms with Crippen LogP contribution in [0.25, 0.3) is 0 Å². The van der Waals surface area contributed by atoms with Gasteiger partial charge in [0.2, 0.25) is 5.91 Å². The summed E-state index contributed by atoms with van der Waals surface area (Å²) < 4.78 is 39.9. The van der Waals surface area contributed by atoms with Gasteiger partial charge in [0.15, 0.2) is 5.16 Å². The van der Waals surface area contributed by atoms with Gasteiger partial charge in [0.05, 0.1) is 22.7 Å². The highest BCUT2D eigenvalue weighted by molar-refractivity contribution is 8.00. The van der Waals surface area contributed by atoms with Gasteiger partial charge in [-0.3, -0.25) is 9.69 Å². The molecule has 1 aliphatic heterocycles. The summed E-state index contributed by atoms with van der Waals surface area (Å²) in [7, 11) is 0. The molecule has 1 aromatic heterocycles. The summed E-state index contributed by atoms with van der Waals surface area (Å²) in [6, 6.07) is 12.5. The molecule has 0 saturated carbocycles. The van der Waals surface area contributed by atoms with Crippen LogP contribution in [0, 0.1) is 13.8 Å². The molecular weight excluding hydrogens is 431 g/mol. The van der Waals surface area contributed by atoms with E-state index in [1.807, 2.05) is 32.0 Å². The molecule has 1 amide bonds. The van der Waals surface area contributed by atoms with Crippen molar-refractivity contribution in [1.29, 1.82) is 0 Å². The van der Waals surface area contributed by atoms with Crippen molar-refractivity contribution in [2.45, 2.75) is 35.0 Å². The number of thioether (sulfide) groups is 1. The lowest BCUT2D eigenvalue weighted by Gasteiger charge is -2.31. The number of aryl methyl sites for hydroxylation is 2. The lowest BCUT2D eigenvalue weighted by atomic mass is 10.1. The van der Waals surface area contributed by atoms with Gasteiger partial charge in [-0.25, -0.2) is 9.97 Å². The molecule has 0 saturated heterocycles. The largest absolute Gasteiger partial charge is 0.416 e. The zero-order chi connectivity index (χ0) is 21.5. The highest BCUT2D eigenvalue weighted by Gasteiger charge is 2.34. The third-order valence-corrected chi connectivity index (χ3v) is 6.35. The summed E-state index contributed by atoms with van der Waals surface area (Å²) >= 11 is 2.52. The topological polar surface area (TPSA) is 46.1 Å². The number of carbonyl (C=O) groups is 1. The number of rotatable bonds is 3. The van der Waals surface area contributed by atoms with Gasteiger partial charge >= 0.3 is 6.18 Å². The molecule has 3 aromatic rings. The quantitative estimate of drug-likeness (QED) is 0.362. The van der Waals surface area contributed by atoms with E-state index in [2.05, 4.69) is 9.97 Å². The maximum Gasteiger partial charge on any atom is 0.416 e. The first-order valence-electron chi connectivity index (χ1n) is 8.98. The third-order valence-electron chi connectivity index (χ3n) is 4.39. The zero-order valence-corrected chi connectivity index (χ0v) is 17.7. The van der Waals surface area contributed by atoms with Crippen LogP contribution < -0.4 is 4.90 Å². The number of carbonyl (C=O) groups excluding carboxylic acids is 1. The van der Waals surface area contributed by atoms with Crippen molar-refractivity contribution in [3.63, 3.8) is 0 Å². The predicted molar refractivity (Wildman–Crippen MR) is 111 cm³/mol. The fourth-order valence-electron chi connectivity index (χ4n) is 3.15. The number of para-hydroxylation sites is 1. The molecule has 0 bridgehead atoms. The molecular formula is C21H16F3N3OS2. The monoisotopic (exact) mass is 447 g/mol. The molecule has 1 aliphatic rings. The van der Waals surface area contributed by atoms with Crippen LogP contribution in [0.3, 0.4) is 0 Å². The van der Waals surface area contributed by atoms with Crippen LogP contribution in [0.4, 0.5) is 24.5 Å². The van der Waals surface area contributed by atoms with Crippen LogP contribution >= 0.6 is 23.5 Å². The van der Waals surface area contributed by atoms with Crippen molar-refractivity contribution >= 4 is 40.8 Å². The van der Waals surface area contributed by atoms with Crippen molar-refractivity contribution in [3.8, 4) is 0 Å². The minimum absolute atomic E-state index is 0.00240. The van der Waals surface area contributed by atoms with Crippen molar-refractivity contribution in [3.05, 3.63) is 65.5 Å². The van der Waals surface area contributed by atoms with E-state index in [0.29, 0.717) is 15.7 Å². The van der Waals surface area contributed by atoms with E-state index < -0.39 is 11.7 Å². The summed E-state index contributed by atoms with van der Waals surface area (Å²) in [5, 5.41) is 0.463.